The van der Waals surface area contributed by atoms with E-state index in [2.05, 4.69) is 26.0 Å². The maximum Gasteiger partial charge on any atom is 0.387 e. The van der Waals surface area contributed by atoms with Crippen molar-refractivity contribution in [2.45, 2.75) is 26.0 Å². The summed E-state index contributed by atoms with van der Waals surface area (Å²) in [4.78, 5) is 11.7. The van der Waals surface area contributed by atoms with Gasteiger partial charge < -0.3 is 15.8 Å². The topological polar surface area (TPSA) is 64.4 Å². The first-order chi connectivity index (χ1) is 8.85. The van der Waals surface area contributed by atoms with Crippen LogP contribution in [0.3, 0.4) is 0 Å². The molecule has 1 amide bonds. The van der Waals surface area contributed by atoms with Crippen molar-refractivity contribution in [3.63, 3.8) is 0 Å². The Bertz CT molecular complexity index is 474. The van der Waals surface area contributed by atoms with E-state index in [1.54, 1.807) is 6.92 Å². The molecule has 106 valence electrons. The fourth-order valence-corrected chi connectivity index (χ4v) is 2.18. The Labute approximate surface area is 122 Å². The van der Waals surface area contributed by atoms with Gasteiger partial charge in [0.2, 0.25) is 5.91 Å². The van der Waals surface area contributed by atoms with Gasteiger partial charge in [-0.3, -0.25) is 4.79 Å². The normalized spacial score (nSPS) is 12.4. The summed E-state index contributed by atoms with van der Waals surface area (Å²) in [7, 11) is 0. The van der Waals surface area contributed by atoms with Gasteiger partial charge >= 0.3 is 6.61 Å². The molecule has 1 aromatic rings. The molecule has 0 radical (unpaired) electrons. The van der Waals surface area contributed by atoms with Gasteiger partial charge in [0.1, 0.15) is 0 Å². The number of anilines is 1. The summed E-state index contributed by atoms with van der Waals surface area (Å²) in [5.74, 6) is -0.702. The highest BCUT2D eigenvalue weighted by Crippen LogP contribution is 2.37. The number of nitrogens with two attached hydrogens (primary N) is 1. The summed E-state index contributed by atoms with van der Waals surface area (Å²) in [5, 5.41) is 2.67. The highest BCUT2D eigenvalue weighted by atomic mass is 79.9. The smallest absolute Gasteiger partial charge is 0.387 e. The van der Waals surface area contributed by atoms with Crippen LogP contribution in [0.4, 0.5) is 14.5 Å². The van der Waals surface area contributed by atoms with Gasteiger partial charge in [0.15, 0.2) is 5.75 Å². The summed E-state index contributed by atoms with van der Waals surface area (Å²) in [6.45, 7) is -1.29. The maximum absolute atomic E-state index is 12.3. The Morgan fingerprint density at radius 2 is 2.21 bits per heavy atom. The van der Waals surface area contributed by atoms with Crippen molar-refractivity contribution in [3.05, 3.63) is 21.6 Å². The van der Waals surface area contributed by atoms with Gasteiger partial charge in [0.25, 0.3) is 0 Å². The third-order valence-electron chi connectivity index (χ3n) is 2.25. The highest BCUT2D eigenvalue weighted by Gasteiger charge is 2.18. The lowest BCUT2D eigenvalue weighted by Gasteiger charge is -2.16. The van der Waals surface area contributed by atoms with E-state index < -0.39 is 18.6 Å². The van der Waals surface area contributed by atoms with Gasteiger partial charge in [-0.05, 0) is 34.5 Å². The molecule has 1 atom stereocenters. The van der Waals surface area contributed by atoms with Crippen LogP contribution in [-0.4, -0.2) is 18.6 Å². The molecule has 1 aromatic carbocycles. The third-order valence-corrected chi connectivity index (χ3v) is 3.06. The van der Waals surface area contributed by atoms with Crippen molar-refractivity contribution < 1.29 is 18.3 Å². The maximum atomic E-state index is 12.3. The van der Waals surface area contributed by atoms with Crippen molar-refractivity contribution in [1.29, 1.82) is 0 Å². The Morgan fingerprint density at radius 3 is 2.74 bits per heavy atom. The van der Waals surface area contributed by atoms with E-state index in [0.29, 0.717) is 6.42 Å². The predicted molar refractivity (Wildman–Crippen MR) is 72.7 cm³/mol. The molecule has 0 aliphatic heterocycles. The second-order valence-corrected chi connectivity index (χ2v) is 4.94. The molecule has 0 saturated heterocycles. The Hall–Kier alpha value is -0.920. The molecule has 0 aliphatic carbocycles. The number of hydrogen-bond acceptors (Lipinski definition) is 3. The highest BCUT2D eigenvalue weighted by molar-refractivity contribution is 9.10. The Morgan fingerprint density at radius 1 is 1.58 bits per heavy atom. The molecule has 3 N–H and O–H groups in total. The minimum atomic E-state index is -3.02. The number of rotatable bonds is 5. The molecule has 4 nitrogen and oxygen atoms in total. The zero-order valence-electron chi connectivity index (χ0n) is 9.92. The molecule has 0 aromatic heterocycles. The molecule has 0 spiro atoms. The number of carbonyl (C=O) groups excluding carboxylic acids is 1. The SMILES string of the molecule is CC[C@@H](N)C(=O)Nc1cc(Cl)cc(Br)c1OC(F)F. The molecule has 8 heteroatoms. The van der Waals surface area contributed by atoms with Crippen LogP contribution in [0.5, 0.6) is 5.75 Å². The number of benzene rings is 1. The minimum Gasteiger partial charge on any atom is -0.431 e. The number of amides is 1. The van der Waals surface area contributed by atoms with E-state index in [1.165, 1.54) is 12.1 Å². The number of halogens is 4. The molecule has 0 unspecified atom stereocenters. The molecule has 0 heterocycles. The van der Waals surface area contributed by atoms with Crippen LogP contribution in [0.2, 0.25) is 5.02 Å². The van der Waals surface area contributed by atoms with E-state index in [4.69, 9.17) is 17.3 Å². The lowest BCUT2D eigenvalue weighted by molar-refractivity contribution is -0.117. The fourth-order valence-electron chi connectivity index (χ4n) is 1.27. The second kappa shape index (κ2) is 7.02. The lowest BCUT2D eigenvalue weighted by Crippen LogP contribution is -2.35. The minimum absolute atomic E-state index is 0.0357. The van der Waals surface area contributed by atoms with Crippen molar-refractivity contribution in [2.75, 3.05) is 5.32 Å². The van der Waals surface area contributed by atoms with Crippen molar-refractivity contribution >= 4 is 39.1 Å². The summed E-state index contributed by atoms with van der Waals surface area (Å²) in [6, 6.07) is 1.95. The monoisotopic (exact) mass is 356 g/mol. The van der Waals surface area contributed by atoms with Crippen LogP contribution >= 0.6 is 27.5 Å². The molecular formula is C11H12BrClF2N2O2. The first-order valence-electron chi connectivity index (χ1n) is 5.35. The van der Waals surface area contributed by atoms with Gasteiger partial charge in [0, 0.05) is 5.02 Å². The van der Waals surface area contributed by atoms with E-state index in [1.807, 2.05) is 0 Å². The van der Waals surface area contributed by atoms with Crippen molar-refractivity contribution in [2.24, 2.45) is 5.73 Å². The average molecular weight is 358 g/mol. The number of alkyl halides is 2. The zero-order valence-corrected chi connectivity index (χ0v) is 12.3. The molecule has 0 aliphatic rings. The van der Waals surface area contributed by atoms with E-state index in [-0.39, 0.29) is 20.9 Å². The quantitative estimate of drug-likeness (QED) is 0.849. The Balaban J connectivity index is 3.07. The lowest BCUT2D eigenvalue weighted by atomic mass is 10.2. The molecular weight excluding hydrogens is 345 g/mol. The predicted octanol–water partition coefficient (Wildman–Crippen LogP) is 3.38. The number of nitrogens with one attached hydrogen (secondary N) is 1. The second-order valence-electron chi connectivity index (χ2n) is 3.65. The molecule has 1 rings (SSSR count). The fraction of sp³-hybridized carbons (Fsp3) is 0.364. The largest absolute Gasteiger partial charge is 0.431 e. The summed E-state index contributed by atoms with van der Waals surface area (Å²) in [5.41, 5.74) is 5.58. The van der Waals surface area contributed by atoms with Crippen LogP contribution in [0.1, 0.15) is 13.3 Å². The van der Waals surface area contributed by atoms with Gasteiger partial charge in [-0.15, -0.1) is 0 Å². The van der Waals surface area contributed by atoms with Crippen molar-refractivity contribution in [1.82, 2.24) is 0 Å². The summed E-state index contributed by atoms with van der Waals surface area (Å²) < 4.78 is 29.2. The van der Waals surface area contributed by atoms with Crippen LogP contribution in [0.15, 0.2) is 16.6 Å². The van der Waals surface area contributed by atoms with Crippen LogP contribution < -0.4 is 15.8 Å². The number of hydrogen-bond donors (Lipinski definition) is 2. The first-order valence-corrected chi connectivity index (χ1v) is 6.52. The van der Waals surface area contributed by atoms with Crippen molar-refractivity contribution in [3.8, 4) is 5.75 Å². The zero-order chi connectivity index (χ0) is 14.6. The van der Waals surface area contributed by atoms with Gasteiger partial charge in [0.05, 0.1) is 16.2 Å². The number of ether oxygens (including phenoxy) is 1. The third kappa shape index (κ3) is 4.59. The molecule has 0 fully saturated rings. The number of carbonyl (C=O) groups is 1. The van der Waals surface area contributed by atoms with E-state index in [0.717, 1.165) is 0 Å². The molecule has 0 saturated carbocycles. The average Bonchev–Trinajstić information content (AvgIpc) is 2.32. The standard InChI is InChI=1S/C11H12BrClF2N2O2/c1-2-7(16)10(18)17-8-4-5(13)3-6(12)9(8)19-11(14)15/h3-4,7,11H,2,16H2,1H3,(H,17,18)/t7-/m1/s1. The van der Waals surface area contributed by atoms with E-state index in [9.17, 15) is 13.6 Å². The summed E-state index contributed by atoms with van der Waals surface area (Å²) in [6.07, 6.45) is 0.415. The van der Waals surface area contributed by atoms with Gasteiger partial charge in [-0.25, -0.2) is 0 Å². The van der Waals surface area contributed by atoms with Crippen LogP contribution in [0, 0.1) is 0 Å². The van der Waals surface area contributed by atoms with E-state index >= 15 is 0 Å². The Kier molecular flexibility index (Phi) is 5.96. The van der Waals surface area contributed by atoms with Gasteiger partial charge in [-0.2, -0.15) is 8.78 Å². The summed E-state index contributed by atoms with van der Waals surface area (Å²) >= 11 is 8.85. The molecule has 19 heavy (non-hydrogen) atoms. The first kappa shape index (κ1) is 16.1. The van der Waals surface area contributed by atoms with Gasteiger partial charge in [-0.1, -0.05) is 18.5 Å². The van der Waals surface area contributed by atoms with Crippen LogP contribution in [0.25, 0.3) is 0 Å². The molecule has 0 bridgehead atoms. The van der Waals surface area contributed by atoms with Crippen LogP contribution in [-0.2, 0) is 4.79 Å².